The Hall–Kier alpha value is -0.790. The fourth-order valence-corrected chi connectivity index (χ4v) is 3.13. The van der Waals surface area contributed by atoms with Gasteiger partial charge in [0.2, 0.25) is 0 Å². The predicted molar refractivity (Wildman–Crippen MR) is 107 cm³/mol. The summed E-state index contributed by atoms with van der Waals surface area (Å²) in [6.45, 7) is 4.66. The van der Waals surface area contributed by atoms with Gasteiger partial charge in [0.15, 0.2) is 5.96 Å². The molecule has 1 aliphatic carbocycles. The molecule has 2 rings (SSSR count). The van der Waals surface area contributed by atoms with Crippen molar-refractivity contribution >= 4 is 29.9 Å². The average molecular weight is 433 g/mol. The SMILES string of the molecule is CCNC(=NCc1ccnn1C)NCCCC1CCCCC1.I. The Labute approximate surface area is 157 Å². The molecule has 0 aromatic carbocycles. The molecule has 0 atom stereocenters. The minimum atomic E-state index is 0. The first-order valence-electron chi connectivity index (χ1n) is 8.78. The zero-order chi connectivity index (χ0) is 15.6. The van der Waals surface area contributed by atoms with E-state index in [4.69, 9.17) is 0 Å². The number of hydrogen-bond acceptors (Lipinski definition) is 2. The summed E-state index contributed by atoms with van der Waals surface area (Å²) >= 11 is 0. The Bertz CT molecular complexity index is 452. The monoisotopic (exact) mass is 433 g/mol. The second-order valence-corrected chi connectivity index (χ2v) is 6.21. The van der Waals surface area contributed by atoms with Gasteiger partial charge in [0.05, 0.1) is 12.2 Å². The molecule has 0 radical (unpaired) electrons. The van der Waals surface area contributed by atoms with E-state index in [0.29, 0.717) is 6.54 Å². The second-order valence-electron chi connectivity index (χ2n) is 6.21. The Morgan fingerprint density at radius 2 is 2.09 bits per heavy atom. The van der Waals surface area contributed by atoms with Gasteiger partial charge in [-0.05, 0) is 31.7 Å². The average Bonchev–Trinajstić information content (AvgIpc) is 2.95. The van der Waals surface area contributed by atoms with Crippen LogP contribution in [0.4, 0.5) is 0 Å². The fraction of sp³-hybridized carbons (Fsp3) is 0.765. The van der Waals surface area contributed by atoms with Gasteiger partial charge >= 0.3 is 0 Å². The van der Waals surface area contributed by atoms with Crippen LogP contribution >= 0.6 is 24.0 Å². The van der Waals surface area contributed by atoms with Crippen LogP contribution in [-0.2, 0) is 13.6 Å². The molecular weight excluding hydrogens is 401 g/mol. The van der Waals surface area contributed by atoms with Crippen molar-refractivity contribution in [2.75, 3.05) is 13.1 Å². The lowest BCUT2D eigenvalue weighted by Crippen LogP contribution is -2.37. The van der Waals surface area contributed by atoms with Gasteiger partial charge in [-0.2, -0.15) is 5.10 Å². The van der Waals surface area contributed by atoms with Gasteiger partial charge in [0.1, 0.15) is 0 Å². The maximum absolute atomic E-state index is 4.63. The summed E-state index contributed by atoms with van der Waals surface area (Å²) in [4.78, 5) is 4.63. The Morgan fingerprint density at radius 1 is 1.30 bits per heavy atom. The van der Waals surface area contributed by atoms with Crippen molar-refractivity contribution in [3.63, 3.8) is 0 Å². The first-order valence-corrected chi connectivity index (χ1v) is 8.78. The Morgan fingerprint density at radius 3 is 2.74 bits per heavy atom. The number of aryl methyl sites for hydroxylation is 1. The van der Waals surface area contributed by atoms with E-state index in [9.17, 15) is 0 Å². The molecule has 1 heterocycles. The summed E-state index contributed by atoms with van der Waals surface area (Å²) < 4.78 is 1.87. The second kappa shape index (κ2) is 11.7. The van der Waals surface area contributed by atoms with Gasteiger partial charge in [-0.1, -0.05) is 32.1 Å². The van der Waals surface area contributed by atoms with Crippen LogP contribution in [0.3, 0.4) is 0 Å². The standard InChI is InChI=1S/C17H31N5.HI/c1-3-18-17(20-14-16-11-13-21-22(16)2)19-12-7-10-15-8-5-4-6-9-15;/h11,13,15H,3-10,12,14H2,1-2H3,(H2,18,19,20);1H. The number of nitrogens with zero attached hydrogens (tertiary/aromatic N) is 3. The van der Waals surface area contributed by atoms with Crippen LogP contribution in [0.15, 0.2) is 17.3 Å². The first-order chi connectivity index (χ1) is 10.8. The van der Waals surface area contributed by atoms with Gasteiger partial charge in [0, 0.05) is 26.3 Å². The highest BCUT2D eigenvalue weighted by Gasteiger charge is 2.12. The number of nitrogens with one attached hydrogen (secondary N) is 2. The zero-order valence-electron chi connectivity index (χ0n) is 14.6. The lowest BCUT2D eigenvalue weighted by Gasteiger charge is -2.21. The molecule has 1 aromatic heterocycles. The summed E-state index contributed by atoms with van der Waals surface area (Å²) in [7, 11) is 1.95. The van der Waals surface area contributed by atoms with Gasteiger partial charge in [-0.25, -0.2) is 4.99 Å². The maximum Gasteiger partial charge on any atom is 0.191 e. The van der Waals surface area contributed by atoms with Crippen LogP contribution in [0.5, 0.6) is 0 Å². The van der Waals surface area contributed by atoms with E-state index in [1.54, 1.807) is 0 Å². The molecule has 0 amide bonds. The predicted octanol–water partition coefficient (Wildman–Crippen LogP) is 3.45. The third kappa shape index (κ3) is 7.54. The highest BCUT2D eigenvalue weighted by atomic mass is 127. The summed E-state index contributed by atoms with van der Waals surface area (Å²) in [6.07, 6.45) is 11.6. The molecule has 1 aliphatic rings. The number of aliphatic imine (C=N–C) groups is 1. The number of rotatable bonds is 7. The van der Waals surface area contributed by atoms with Gasteiger partial charge < -0.3 is 10.6 Å². The number of hydrogen-bond donors (Lipinski definition) is 2. The molecule has 6 heteroatoms. The highest BCUT2D eigenvalue weighted by molar-refractivity contribution is 14.0. The van der Waals surface area contributed by atoms with Crippen molar-refractivity contribution in [3.8, 4) is 0 Å². The van der Waals surface area contributed by atoms with E-state index < -0.39 is 0 Å². The Kier molecular flexibility index (Phi) is 10.3. The molecule has 0 saturated heterocycles. The van der Waals surface area contributed by atoms with Crippen molar-refractivity contribution < 1.29 is 0 Å². The van der Waals surface area contributed by atoms with Crippen LogP contribution in [0.1, 0.15) is 57.6 Å². The van der Waals surface area contributed by atoms with Crippen LogP contribution in [0.2, 0.25) is 0 Å². The topological polar surface area (TPSA) is 54.2 Å². The molecule has 0 bridgehead atoms. The van der Waals surface area contributed by atoms with E-state index in [1.165, 1.54) is 44.9 Å². The largest absolute Gasteiger partial charge is 0.357 e. The zero-order valence-corrected chi connectivity index (χ0v) is 16.9. The molecule has 23 heavy (non-hydrogen) atoms. The summed E-state index contributed by atoms with van der Waals surface area (Å²) in [5.74, 6) is 1.87. The molecule has 132 valence electrons. The number of guanidine groups is 1. The van der Waals surface area contributed by atoms with Crippen molar-refractivity contribution in [2.45, 2.75) is 58.4 Å². The van der Waals surface area contributed by atoms with E-state index >= 15 is 0 Å². The van der Waals surface area contributed by atoms with Crippen LogP contribution in [-0.4, -0.2) is 28.8 Å². The first kappa shape index (κ1) is 20.3. The molecule has 0 spiro atoms. The molecule has 0 aliphatic heterocycles. The van der Waals surface area contributed by atoms with Crippen LogP contribution in [0.25, 0.3) is 0 Å². The van der Waals surface area contributed by atoms with Crippen molar-refractivity contribution in [3.05, 3.63) is 18.0 Å². The molecule has 2 N–H and O–H groups in total. The molecular formula is C17H32IN5. The number of halogens is 1. The maximum atomic E-state index is 4.63. The Balaban J connectivity index is 0.00000264. The third-order valence-electron chi connectivity index (χ3n) is 4.47. The van der Waals surface area contributed by atoms with E-state index in [1.807, 2.05) is 24.0 Å². The van der Waals surface area contributed by atoms with Crippen LogP contribution in [0, 0.1) is 5.92 Å². The molecule has 1 fully saturated rings. The summed E-state index contributed by atoms with van der Waals surface area (Å²) in [5.41, 5.74) is 1.12. The molecule has 1 aromatic rings. The minimum Gasteiger partial charge on any atom is -0.357 e. The lowest BCUT2D eigenvalue weighted by atomic mass is 9.86. The fourth-order valence-electron chi connectivity index (χ4n) is 3.13. The normalized spacial score (nSPS) is 16.0. The summed E-state index contributed by atoms with van der Waals surface area (Å²) in [5, 5.41) is 10.9. The van der Waals surface area contributed by atoms with Gasteiger partial charge in [0.25, 0.3) is 0 Å². The van der Waals surface area contributed by atoms with Crippen molar-refractivity contribution in [1.82, 2.24) is 20.4 Å². The quantitative estimate of drug-likeness (QED) is 0.300. The van der Waals surface area contributed by atoms with Gasteiger partial charge in [-0.3, -0.25) is 4.68 Å². The van der Waals surface area contributed by atoms with E-state index in [-0.39, 0.29) is 24.0 Å². The van der Waals surface area contributed by atoms with Crippen molar-refractivity contribution in [1.29, 1.82) is 0 Å². The summed E-state index contributed by atoms with van der Waals surface area (Å²) in [6, 6.07) is 2.01. The van der Waals surface area contributed by atoms with Crippen molar-refractivity contribution in [2.24, 2.45) is 18.0 Å². The third-order valence-corrected chi connectivity index (χ3v) is 4.47. The minimum absolute atomic E-state index is 0. The van der Waals surface area contributed by atoms with E-state index in [0.717, 1.165) is 30.7 Å². The smallest absolute Gasteiger partial charge is 0.191 e. The van der Waals surface area contributed by atoms with E-state index in [2.05, 4.69) is 27.6 Å². The number of aromatic nitrogens is 2. The van der Waals surface area contributed by atoms with Crippen LogP contribution < -0.4 is 10.6 Å². The molecule has 1 saturated carbocycles. The van der Waals surface area contributed by atoms with Gasteiger partial charge in [-0.15, -0.1) is 24.0 Å². The lowest BCUT2D eigenvalue weighted by molar-refractivity contribution is 0.332. The molecule has 5 nitrogen and oxygen atoms in total. The molecule has 0 unspecified atom stereocenters. The highest BCUT2D eigenvalue weighted by Crippen LogP contribution is 2.26.